The van der Waals surface area contributed by atoms with Crippen molar-refractivity contribution < 1.29 is 4.42 Å². The number of aromatic nitrogens is 3. The third-order valence-electron chi connectivity index (χ3n) is 9.46. The smallest absolute Gasteiger partial charge is 0.136 e. The predicted molar refractivity (Wildman–Crippen MR) is 197 cm³/mol. The second kappa shape index (κ2) is 10.5. The van der Waals surface area contributed by atoms with Gasteiger partial charge in [-0.2, -0.15) is 4.80 Å². The second-order valence-electron chi connectivity index (χ2n) is 12.3. The molecule has 0 fully saturated rings. The Balaban J connectivity index is 1.13. The van der Waals surface area contributed by atoms with Gasteiger partial charge in [0.2, 0.25) is 0 Å². The van der Waals surface area contributed by atoms with Crippen LogP contribution in [0.5, 0.6) is 0 Å². The Kier molecular flexibility index (Phi) is 5.84. The van der Waals surface area contributed by atoms with Gasteiger partial charge in [0.1, 0.15) is 22.2 Å². The molecule has 0 unspecified atom stereocenters. The van der Waals surface area contributed by atoms with Crippen LogP contribution in [0, 0.1) is 0 Å². The van der Waals surface area contributed by atoms with E-state index < -0.39 is 0 Å². The molecular weight excluding hydrogens is 587 g/mol. The van der Waals surface area contributed by atoms with Crippen molar-refractivity contribution in [2.75, 3.05) is 0 Å². The van der Waals surface area contributed by atoms with E-state index in [0.29, 0.717) is 0 Å². The number of hydrogen-bond acceptors (Lipinski definition) is 3. The molecule has 0 aliphatic heterocycles. The largest absolute Gasteiger partial charge is 0.456 e. The van der Waals surface area contributed by atoms with Crippen LogP contribution in [0.25, 0.3) is 93.6 Å². The number of furan rings is 1. The zero-order valence-corrected chi connectivity index (χ0v) is 25.8. The molecule has 4 heteroatoms. The van der Waals surface area contributed by atoms with Gasteiger partial charge in [0.25, 0.3) is 0 Å². The minimum Gasteiger partial charge on any atom is -0.456 e. The molecule has 0 amide bonds. The molecule has 10 rings (SSSR count). The van der Waals surface area contributed by atoms with Gasteiger partial charge >= 0.3 is 0 Å². The van der Waals surface area contributed by atoms with Crippen molar-refractivity contribution in [3.63, 3.8) is 0 Å². The van der Waals surface area contributed by atoms with Crippen molar-refractivity contribution in [3.05, 3.63) is 164 Å². The molecule has 0 radical (unpaired) electrons. The SMILES string of the molecule is c1ccc(-n2nc3ccc4ccc5ccc(-c6cccc(-c7ccccc7-c7cccc8oc9ccccc9c78)c6)cc5c4c3n2)cc1. The van der Waals surface area contributed by atoms with Crippen molar-refractivity contribution in [2.45, 2.75) is 0 Å². The molecule has 0 aliphatic rings. The van der Waals surface area contributed by atoms with E-state index in [2.05, 4.69) is 121 Å². The Bertz CT molecular complexity index is 2840. The van der Waals surface area contributed by atoms with Gasteiger partial charge in [-0.05, 0) is 92.0 Å². The topological polar surface area (TPSA) is 43.9 Å². The summed E-state index contributed by atoms with van der Waals surface area (Å²) in [6.45, 7) is 0. The summed E-state index contributed by atoms with van der Waals surface area (Å²) >= 11 is 0. The van der Waals surface area contributed by atoms with Gasteiger partial charge in [-0.15, -0.1) is 10.2 Å². The van der Waals surface area contributed by atoms with E-state index in [1.54, 1.807) is 4.80 Å². The number of fused-ring (bicyclic) bond motifs is 8. The Morgan fingerprint density at radius 1 is 0.417 bits per heavy atom. The molecule has 2 aromatic heterocycles. The summed E-state index contributed by atoms with van der Waals surface area (Å²) in [7, 11) is 0. The fourth-order valence-corrected chi connectivity index (χ4v) is 7.21. The van der Waals surface area contributed by atoms with Crippen LogP contribution in [0.1, 0.15) is 0 Å². The predicted octanol–water partition coefficient (Wildman–Crippen LogP) is 11.6. The molecule has 10 aromatic rings. The van der Waals surface area contributed by atoms with Crippen molar-refractivity contribution in [1.29, 1.82) is 0 Å². The van der Waals surface area contributed by atoms with Gasteiger partial charge in [0, 0.05) is 16.2 Å². The van der Waals surface area contributed by atoms with Gasteiger partial charge in [-0.1, -0.05) is 121 Å². The summed E-state index contributed by atoms with van der Waals surface area (Å²) in [6, 6.07) is 57.6. The van der Waals surface area contributed by atoms with Crippen molar-refractivity contribution in [3.8, 4) is 39.1 Å². The summed E-state index contributed by atoms with van der Waals surface area (Å²) in [4.78, 5) is 1.74. The average Bonchev–Trinajstić information content (AvgIpc) is 3.77. The van der Waals surface area contributed by atoms with Crippen LogP contribution in [-0.2, 0) is 0 Å². The third kappa shape index (κ3) is 4.16. The molecule has 4 nitrogen and oxygen atoms in total. The van der Waals surface area contributed by atoms with Crippen LogP contribution in [0.3, 0.4) is 0 Å². The van der Waals surface area contributed by atoms with Gasteiger partial charge in [-0.25, -0.2) is 0 Å². The summed E-state index contributed by atoms with van der Waals surface area (Å²) in [5.41, 5.74) is 11.5. The van der Waals surface area contributed by atoms with E-state index in [9.17, 15) is 0 Å². The number of rotatable bonds is 4. The molecule has 0 N–H and O–H groups in total. The number of nitrogens with zero attached hydrogens (tertiary/aromatic N) is 3. The Morgan fingerprint density at radius 2 is 1.10 bits per heavy atom. The van der Waals surface area contributed by atoms with Gasteiger partial charge in [-0.3, -0.25) is 0 Å². The van der Waals surface area contributed by atoms with E-state index >= 15 is 0 Å². The molecular formula is C44H27N3O. The molecule has 2 heterocycles. The highest BCUT2D eigenvalue weighted by atomic mass is 16.3. The summed E-state index contributed by atoms with van der Waals surface area (Å²) in [5.74, 6) is 0. The highest BCUT2D eigenvalue weighted by molar-refractivity contribution is 6.19. The highest BCUT2D eigenvalue weighted by Crippen LogP contribution is 2.41. The first-order chi connectivity index (χ1) is 23.8. The maximum Gasteiger partial charge on any atom is 0.136 e. The minimum absolute atomic E-state index is 0.878. The van der Waals surface area contributed by atoms with Crippen molar-refractivity contribution >= 4 is 54.5 Å². The highest BCUT2D eigenvalue weighted by Gasteiger charge is 2.16. The Morgan fingerprint density at radius 3 is 2.04 bits per heavy atom. The van der Waals surface area contributed by atoms with Crippen LogP contribution in [0.4, 0.5) is 0 Å². The van der Waals surface area contributed by atoms with Crippen LogP contribution in [0.2, 0.25) is 0 Å². The van der Waals surface area contributed by atoms with Crippen LogP contribution >= 0.6 is 0 Å². The first-order valence-electron chi connectivity index (χ1n) is 16.2. The number of para-hydroxylation sites is 2. The lowest BCUT2D eigenvalue weighted by Gasteiger charge is -2.13. The third-order valence-corrected chi connectivity index (χ3v) is 9.46. The number of hydrogen-bond donors (Lipinski definition) is 0. The zero-order valence-electron chi connectivity index (χ0n) is 25.8. The average molecular weight is 614 g/mol. The Labute approximate surface area is 276 Å². The lowest BCUT2D eigenvalue weighted by Crippen LogP contribution is -1.97. The molecule has 224 valence electrons. The molecule has 0 spiro atoms. The first kappa shape index (κ1) is 26.7. The number of benzene rings is 8. The van der Waals surface area contributed by atoms with Crippen LogP contribution < -0.4 is 0 Å². The molecule has 0 saturated heterocycles. The van der Waals surface area contributed by atoms with Crippen molar-refractivity contribution in [2.24, 2.45) is 0 Å². The zero-order chi connectivity index (χ0) is 31.6. The quantitative estimate of drug-likeness (QED) is 0.186. The van der Waals surface area contributed by atoms with Crippen LogP contribution in [-0.4, -0.2) is 15.0 Å². The first-order valence-corrected chi connectivity index (χ1v) is 16.2. The monoisotopic (exact) mass is 613 g/mol. The molecule has 48 heavy (non-hydrogen) atoms. The summed E-state index contributed by atoms with van der Waals surface area (Å²) in [6.07, 6.45) is 0. The van der Waals surface area contributed by atoms with Crippen molar-refractivity contribution in [1.82, 2.24) is 15.0 Å². The fraction of sp³-hybridized carbons (Fsp3) is 0. The molecule has 0 bridgehead atoms. The van der Waals surface area contributed by atoms with E-state index in [4.69, 9.17) is 14.6 Å². The molecule has 8 aromatic carbocycles. The van der Waals surface area contributed by atoms with Gasteiger partial charge in [0.05, 0.1) is 5.69 Å². The van der Waals surface area contributed by atoms with Gasteiger partial charge in [0.15, 0.2) is 0 Å². The molecule has 0 aliphatic carbocycles. The minimum atomic E-state index is 0.878. The summed E-state index contributed by atoms with van der Waals surface area (Å²) in [5, 5.41) is 16.7. The fourth-order valence-electron chi connectivity index (χ4n) is 7.21. The Hall–Kier alpha value is -6.52. The van der Waals surface area contributed by atoms with E-state index in [0.717, 1.165) is 60.6 Å². The lowest BCUT2D eigenvalue weighted by atomic mass is 9.90. The second-order valence-corrected chi connectivity index (χ2v) is 12.3. The van der Waals surface area contributed by atoms with Crippen LogP contribution in [0.15, 0.2) is 168 Å². The lowest BCUT2D eigenvalue weighted by molar-refractivity contribution is 0.669. The molecule has 0 saturated carbocycles. The van der Waals surface area contributed by atoms with E-state index in [1.807, 2.05) is 42.5 Å². The maximum absolute atomic E-state index is 6.24. The molecule has 0 atom stereocenters. The normalized spacial score (nSPS) is 11.8. The maximum atomic E-state index is 6.24. The summed E-state index contributed by atoms with van der Waals surface area (Å²) < 4.78 is 6.24. The van der Waals surface area contributed by atoms with Gasteiger partial charge < -0.3 is 4.42 Å². The standard InChI is InChI=1S/C44H27N3O/c1-2-12-33(13-3-1)47-45-39-25-24-29-22-20-28-21-23-31(27-38(28)42(29)44(39)46-47)30-10-8-11-32(26-30)34-14-4-5-15-35(34)36-17-9-19-41-43(36)37-16-6-7-18-40(37)48-41/h1-27H. The van der Waals surface area contributed by atoms with E-state index in [-0.39, 0.29) is 0 Å². The van der Waals surface area contributed by atoms with E-state index in [1.165, 1.54) is 33.0 Å².